The van der Waals surface area contributed by atoms with E-state index in [0.717, 1.165) is 19.0 Å². The smallest absolute Gasteiger partial charge is 0.0542 e. The molecule has 2 unspecified atom stereocenters. The summed E-state index contributed by atoms with van der Waals surface area (Å²) in [5, 5.41) is 0. The van der Waals surface area contributed by atoms with Crippen molar-refractivity contribution in [3.05, 3.63) is 35.9 Å². The van der Waals surface area contributed by atoms with E-state index in [9.17, 15) is 0 Å². The van der Waals surface area contributed by atoms with Crippen molar-refractivity contribution in [2.24, 2.45) is 5.92 Å². The highest BCUT2D eigenvalue weighted by Crippen LogP contribution is 2.18. The lowest BCUT2D eigenvalue weighted by molar-refractivity contribution is 0.0937. The van der Waals surface area contributed by atoms with Crippen molar-refractivity contribution in [2.45, 2.75) is 32.6 Å². The van der Waals surface area contributed by atoms with Crippen LogP contribution in [0.2, 0.25) is 0 Å². The van der Waals surface area contributed by atoms with E-state index >= 15 is 0 Å². The topological polar surface area (TPSA) is 9.23 Å². The van der Waals surface area contributed by atoms with Crippen LogP contribution in [0.25, 0.3) is 0 Å². The molecule has 0 aliphatic carbocycles. The molecule has 0 aliphatic heterocycles. The van der Waals surface area contributed by atoms with Gasteiger partial charge in [0.25, 0.3) is 0 Å². The molecular formula is C15H24OS. The molecule has 2 atom stereocenters. The van der Waals surface area contributed by atoms with Gasteiger partial charge in [-0.1, -0.05) is 50.6 Å². The van der Waals surface area contributed by atoms with Gasteiger partial charge in [-0.25, -0.2) is 0 Å². The quantitative estimate of drug-likeness (QED) is 0.684. The second-order valence-corrected chi connectivity index (χ2v) is 5.09. The molecule has 0 heterocycles. The zero-order chi connectivity index (χ0) is 12.5. The van der Waals surface area contributed by atoms with Gasteiger partial charge in [0.05, 0.1) is 6.61 Å². The van der Waals surface area contributed by atoms with Crippen molar-refractivity contribution >= 4 is 12.6 Å². The van der Waals surface area contributed by atoms with Crippen LogP contribution in [0.15, 0.2) is 30.3 Å². The Morgan fingerprint density at radius 1 is 1.18 bits per heavy atom. The van der Waals surface area contributed by atoms with Crippen molar-refractivity contribution in [3.63, 3.8) is 0 Å². The first kappa shape index (κ1) is 14.6. The summed E-state index contributed by atoms with van der Waals surface area (Å²) in [7, 11) is 0. The number of ether oxygens (including phenoxy) is 1. The molecule has 0 radical (unpaired) electrons. The van der Waals surface area contributed by atoms with Gasteiger partial charge in [0.2, 0.25) is 0 Å². The molecule has 1 aromatic rings. The van der Waals surface area contributed by atoms with Crippen LogP contribution in [0.1, 0.15) is 38.2 Å². The highest BCUT2D eigenvalue weighted by Gasteiger charge is 2.10. The molecule has 1 rings (SSSR count). The van der Waals surface area contributed by atoms with Crippen LogP contribution in [0, 0.1) is 5.92 Å². The first-order valence-corrected chi connectivity index (χ1v) is 7.14. The van der Waals surface area contributed by atoms with E-state index in [0.29, 0.717) is 11.8 Å². The van der Waals surface area contributed by atoms with Crippen LogP contribution in [-0.4, -0.2) is 19.0 Å². The SMILES string of the molecule is CCCC(C)COCC(CS)c1ccccc1. The van der Waals surface area contributed by atoms with Crippen molar-refractivity contribution in [1.82, 2.24) is 0 Å². The van der Waals surface area contributed by atoms with Gasteiger partial charge in [0.1, 0.15) is 0 Å². The fraction of sp³-hybridized carbons (Fsp3) is 0.600. The number of hydrogen-bond donors (Lipinski definition) is 1. The lowest BCUT2D eigenvalue weighted by Crippen LogP contribution is -2.13. The predicted molar refractivity (Wildman–Crippen MR) is 77.9 cm³/mol. The summed E-state index contributed by atoms with van der Waals surface area (Å²) in [6, 6.07) is 10.5. The largest absolute Gasteiger partial charge is 0.381 e. The third-order valence-corrected chi connectivity index (χ3v) is 3.44. The first-order chi connectivity index (χ1) is 8.27. The van der Waals surface area contributed by atoms with Crippen LogP contribution < -0.4 is 0 Å². The Hall–Kier alpha value is -0.470. The molecule has 1 nitrogen and oxygen atoms in total. The predicted octanol–water partition coefficient (Wildman–Crippen LogP) is 4.15. The van der Waals surface area contributed by atoms with E-state index in [2.05, 4.69) is 50.7 Å². The Balaban J connectivity index is 2.33. The highest BCUT2D eigenvalue weighted by atomic mass is 32.1. The Morgan fingerprint density at radius 2 is 1.88 bits per heavy atom. The maximum absolute atomic E-state index is 5.81. The summed E-state index contributed by atoms with van der Waals surface area (Å²) < 4.78 is 5.81. The Bertz CT molecular complexity index is 286. The summed E-state index contributed by atoms with van der Waals surface area (Å²) in [4.78, 5) is 0. The van der Waals surface area contributed by atoms with Crippen LogP contribution in [-0.2, 0) is 4.74 Å². The number of thiol groups is 1. The van der Waals surface area contributed by atoms with Gasteiger partial charge in [-0.05, 0) is 23.7 Å². The molecule has 0 bridgehead atoms. The first-order valence-electron chi connectivity index (χ1n) is 6.51. The third kappa shape index (κ3) is 5.60. The summed E-state index contributed by atoms with van der Waals surface area (Å²) in [5.74, 6) is 1.91. The minimum absolute atomic E-state index is 0.411. The molecular weight excluding hydrogens is 228 g/mol. The molecule has 0 amide bonds. The maximum Gasteiger partial charge on any atom is 0.0542 e. The van der Waals surface area contributed by atoms with Gasteiger partial charge >= 0.3 is 0 Å². The fourth-order valence-electron chi connectivity index (χ4n) is 1.97. The second-order valence-electron chi connectivity index (χ2n) is 4.72. The van der Waals surface area contributed by atoms with Crippen molar-refractivity contribution in [1.29, 1.82) is 0 Å². The molecule has 2 heteroatoms. The monoisotopic (exact) mass is 252 g/mol. The van der Waals surface area contributed by atoms with E-state index in [1.807, 2.05) is 6.07 Å². The number of benzene rings is 1. The summed E-state index contributed by atoms with van der Waals surface area (Å²) in [6.45, 7) is 6.12. The molecule has 0 N–H and O–H groups in total. The number of rotatable bonds is 8. The Morgan fingerprint density at radius 3 is 2.47 bits per heavy atom. The molecule has 17 heavy (non-hydrogen) atoms. The van der Waals surface area contributed by atoms with E-state index in [1.165, 1.54) is 18.4 Å². The van der Waals surface area contributed by atoms with Gasteiger partial charge in [-0.2, -0.15) is 12.6 Å². The molecule has 0 aromatic heterocycles. The summed E-state index contributed by atoms with van der Waals surface area (Å²) in [5.41, 5.74) is 1.32. The van der Waals surface area contributed by atoms with Gasteiger partial charge < -0.3 is 4.74 Å². The lowest BCUT2D eigenvalue weighted by Gasteiger charge is -2.17. The Labute approximate surface area is 111 Å². The average Bonchev–Trinajstić information content (AvgIpc) is 2.36. The van der Waals surface area contributed by atoms with Gasteiger partial charge in [0, 0.05) is 12.5 Å². The van der Waals surface area contributed by atoms with Crippen LogP contribution in [0.5, 0.6) is 0 Å². The normalized spacial score (nSPS) is 14.5. The van der Waals surface area contributed by atoms with Crippen LogP contribution in [0.4, 0.5) is 0 Å². The standard InChI is InChI=1S/C15H24OS/c1-3-7-13(2)10-16-11-15(12-17)14-8-5-4-6-9-14/h4-6,8-9,13,15,17H,3,7,10-12H2,1-2H3. The molecule has 1 aromatic carbocycles. The van der Waals surface area contributed by atoms with Gasteiger partial charge in [-0.15, -0.1) is 0 Å². The minimum Gasteiger partial charge on any atom is -0.381 e. The molecule has 0 spiro atoms. The summed E-state index contributed by atoms with van der Waals surface area (Å²) >= 11 is 4.41. The molecule has 0 saturated heterocycles. The molecule has 96 valence electrons. The zero-order valence-electron chi connectivity index (χ0n) is 10.9. The number of hydrogen-bond acceptors (Lipinski definition) is 2. The maximum atomic E-state index is 5.81. The molecule has 0 saturated carbocycles. The minimum atomic E-state index is 0.411. The molecule has 0 fully saturated rings. The fourth-order valence-corrected chi connectivity index (χ4v) is 2.28. The zero-order valence-corrected chi connectivity index (χ0v) is 11.8. The van der Waals surface area contributed by atoms with Gasteiger partial charge in [0.15, 0.2) is 0 Å². The molecule has 0 aliphatic rings. The van der Waals surface area contributed by atoms with Crippen LogP contribution >= 0.6 is 12.6 Å². The van der Waals surface area contributed by atoms with E-state index < -0.39 is 0 Å². The van der Waals surface area contributed by atoms with E-state index in [4.69, 9.17) is 4.74 Å². The van der Waals surface area contributed by atoms with Crippen LogP contribution in [0.3, 0.4) is 0 Å². The second kappa shape index (κ2) is 8.60. The van der Waals surface area contributed by atoms with Gasteiger partial charge in [-0.3, -0.25) is 0 Å². The Kier molecular flexibility index (Phi) is 7.38. The van der Waals surface area contributed by atoms with Crippen molar-refractivity contribution in [2.75, 3.05) is 19.0 Å². The van der Waals surface area contributed by atoms with E-state index in [-0.39, 0.29) is 0 Å². The lowest BCUT2D eigenvalue weighted by atomic mass is 10.0. The van der Waals surface area contributed by atoms with Crippen molar-refractivity contribution in [3.8, 4) is 0 Å². The van der Waals surface area contributed by atoms with E-state index in [1.54, 1.807) is 0 Å². The average molecular weight is 252 g/mol. The third-order valence-electron chi connectivity index (χ3n) is 2.99. The van der Waals surface area contributed by atoms with Crippen molar-refractivity contribution < 1.29 is 4.74 Å². The summed E-state index contributed by atoms with van der Waals surface area (Å²) in [6.07, 6.45) is 2.48. The highest BCUT2D eigenvalue weighted by molar-refractivity contribution is 7.80.